The van der Waals surface area contributed by atoms with E-state index in [1.54, 1.807) is 6.20 Å². The largest absolute Gasteiger partial charge is 0.404 e. The van der Waals surface area contributed by atoms with E-state index in [0.29, 0.717) is 0 Å². The molecule has 14 heavy (non-hydrogen) atoms. The van der Waals surface area contributed by atoms with Gasteiger partial charge in [-0.05, 0) is 33.3 Å². The molecule has 3 nitrogen and oxygen atoms in total. The van der Waals surface area contributed by atoms with Crippen LogP contribution in [-0.4, -0.2) is 22.1 Å². The van der Waals surface area contributed by atoms with Crippen LogP contribution in [-0.2, 0) is 6.42 Å². The fraction of sp³-hybridized carbons (Fsp3) is 0.545. The van der Waals surface area contributed by atoms with Crippen LogP contribution >= 0.6 is 0 Å². The lowest BCUT2D eigenvalue weighted by Crippen LogP contribution is -2.46. The van der Waals surface area contributed by atoms with Crippen LogP contribution in [0.2, 0.25) is 0 Å². The van der Waals surface area contributed by atoms with E-state index >= 15 is 0 Å². The molecular formula is C11H16N2O. The predicted molar refractivity (Wildman–Crippen MR) is 55.0 cm³/mol. The van der Waals surface area contributed by atoms with Crippen LogP contribution in [0.4, 0.5) is 0 Å². The molecule has 0 aromatic carbocycles. The van der Waals surface area contributed by atoms with Crippen molar-refractivity contribution >= 4 is 0 Å². The Morgan fingerprint density at radius 2 is 2.21 bits per heavy atom. The zero-order chi connectivity index (χ0) is 10.2. The van der Waals surface area contributed by atoms with Gasteiger partial charge in [0.25, 0.3) is 0 Å². The van der Waals surface area contributed by atoms with Gasteiger partial charge in [0.1, 0.15) is 0 Å². The third-order valence-electron chi connectivity index (χ3n) is 2.41. The molecule has 2 heterocycles. The van der Waals surface area contributed by atoms with Gasteiger partial charge >= 0.3 is 0 Å². The molecule has 0 saturated carbocycles. The van der Waals surface area contributed by atoms with Gasteiger partial charge in [-0.2, -0.15) is 0 Å². The summed E-state index contributed by atoms with van der Waals surface area (Å²) in [5, 5.41) is 2.01. The highest BCUT2D eigenvalue weighted by atomic mass is 16.7. The minimum Gasteiger partial charge on any atom is -0.404 e. The SMILES string of the molecule is CC(C)(C)N1CCc2ccncc2O1. The summed E-state index contributed by atoms with van der Waals surface area (Å²) in [5.74, 6) is 0.897. The lowest BCUT2D eigenvalue weighted by molar-refractivity contribution is -0.134. The maximum atomic E-state index is 5.77. The molecule has 1 aromatic rings. The highest BCUT2D eigenvalue weighted by Crippen LogP contribution is 2.27. The lowest BCUT2D eigenvalue weighted by Gasteiger charge is -2.37. The average Bonchev–Trinajstić information content (AvgIpc) is 2.16. The first-order valence-corrected chi connectivity index (χ1v) is 4.96. The molecule has 0 bridgehead atoms. The van der Waals surface area contributed by atoms with Crippen molar-refractivity contribution in [2.24, 2.45) is 0 Å². The van der Waals surface area contributed by atoms with Gasteiger partial charge in [-0.25, -0.2) is 0 Å². The van der Waals surface area contributed by atoms with Gasteiger partial charge in [-0.15, -0.1) is 5.06 Å². The highest BCUT2D eigenvalue weighted by molar-refractivity contribution is 5.31. The number of hydrogen-bond acceptors (Lipinski definition) is 3. The van der Waals surface area contributed by atoms with E-state index in [2.05, 4.69) is 25.8 Å². The number of hydroxylamine groups is 2. The van der Waals surface area contributed by atoms with Crippen molar-refractivity contribution in [1.29, 1.82) is 0 Å². The lowest BCUT2D eigenvalue weighted by atomic mass is 10.1. The number of aromatic nitrogens is 1. The van der Waals surface area contributed by atoms with Gasteiger partial charge in [-0.3, -0.25) is 4.98 Å². The molecule has 0 saturated heterocycles. The summed E-state index contributed by atoms with van der Waals surface area (Å²) in [4.78, 5) is 9.83. The number of hydrogen-bond donors (Lipinski definition) is 0. The van der Waals surface area contributed by atoms with Gasteiger partial charge in [-0.1, -0.05) is 0 Å². The van der Waals surface area contributed by atoms with Crippen molar-refractivity contribution in [2.45, 2.75) is 32.7 Å². The molecule has 0 radical (unpaired) electrons. The van der Waals surface area contributed by atoms with Crippen molar-refractivity contribution in [1.82, 2.24) is 10.0 Å². The summed E-state index contributed by atoms with van der Waals surface area (Å²) in [6, 6.07) is 2.02. The van der Waals surface area contributed by atoms with E-state index < -0.39 is 0 Å². The molecule has 2 rings (SSSR count). The summed E-state index contributed by atoms with van der Waals surface area (Å²) in [5.41, 5.74) is 1.30. The maximum absolute atomic E-state index is 5.77. The van der Waals surface area contributed by atoms with Crippen molar-refractivity contribution in [3.63, 3.8) is 0 Å². The fourth-order valence-electron chi connectivity index (χ4n) is 1.56. The van der Waals surface area contributed by atoms with Gasteiger partial charge < -0.3 is 4.84 Å². The molecule has 0 unspecified atom stereocenters. The first kappa shape index (κ1) is 9.46. The van der Waals surface area contributed by atoms with Crippen molar-refractivity contribution in [3.8, 4) is 5.75 Å². The number of pyridine rings is 1. The van der Waals surface area contributed by atoms with E-state index in [9.17, 15) is 0 Å². The topological polar surface area (TPSA) is 25.4 Å². The van der Waals surface area contributed by atoms with Crippen LogP contribution in [0, 0.1) is 0 Å². The Morgan fingerprint density at radius 3 is 2.93 bits per heavy atom. The van der Waals surface area contributed by atoms with E-state index in [1.807, 2.05) is 17.3 Å². The van der Waals surface area contributed by atoms with Crippen LogP contribution in [0.5, 0.6) is 5.75 Å². The smallest absolute Gasteiger partial charge is 0.168 e. The molecule has 0 amide bonds. The zero-order valence-corrected chi connectivity index (χ0v) is 8.95. The number of rotatable bonds is 0. The molecule has 0 spiro atoms. The van der Waals surface area contributed by atoms with Crippen molar-refractivity contribution in [3.05, 3.63) is 24.0 Å². The zero-order valence-electron chi connectivity index (χ0n) is 8.95. The Kier molecular flexibility index (Phi) is 2.19. The molecule has 1 aromatic heterocycles. The van der Waals surface area contributed by atoms with Gasteiger partial charge in [0.15, 0.2) is 5.75 Å². The first-order valence-electron chi connectivity index (χ1n) is 4.96. The van der Waals surface area contributed by atoms with Gasteiger partial charge in [0, 0.05) is 23.8 Å². The monoisotopic (exact) mass is 192 g/mol. The van der Waals surface area contributed by atoms with Gasteiger partial charge in [0.05, 0.1) is 6.20 Å². The third-order valence-corrected chi connectivity index (χ3v) is 2.41. The second-order valence-electron chi connectivity index (χ2n) is 4.60. The van der Waals surface area contributed by atoms with Crippen LogP contribution in [0.25, 0.3) is 0 Å². The standard InChI is InChI=1S/C11H16N2O/c1-11(2,3)13-7-5-9-4-6-12-8-10(9)14-13/h4,6,8H,5,7H2,1-3H3. The molecular weight excluding hydrogens is 176 g/mol. The maximum Gasteiger partial charge on any atom is 0.168 e. The molecule has 1 aliphatic rings. The summed E-state index contributed by atoms with van der Waals surface area (Å²) in [7, 11) is 0. The Morgan fingerprint density at radius 1 is 1.43 bits per heavy atom. The van der Waals surface area contributed by atoms with Gasteiger partial charge in [0.2, 0.25) is 0 Å². The molecule has 1 aliphatic heterocycles. The molecule has 0 fully saturated rings. The second-order valence-corrected chi connectivity index (χ2v) is 4.60. The average molecular weight is 192 g/mol. The van der Waals surface area contributed by atoms with Crippen molar-refractivity contribution in [2.75, 3.05) is 6.54 Å². The van der Waals surface area contributed by atoms with E-state index in [1.165, 1.54) is 5.56 Å². The van der Waals surface area contributed by atoms with Crippen LogP contribution in [0.1, 0.15) is 26.3 Å². The van der Waals surface area contributed by atoms with Crippen LogP contribution in [0.15, 0.2) is 18.5 Å². The molecule has 0 atom stereocenters. The number of nitrogens with zero attached hydrogens (tertiary/aromatic N) is 2. The summed E-state index contributed by atoms with van der Waals surface area (Å²) in [6.45, 7) is 7.39. The van der Waals surface area contributed by atoms with Crippen LogP contribution in [0.3, 0.4) is 0 Å². The molecule has 0 aliphatic carbocycles. The fourth-order valence-corrected chi connectivity index (χ4v) is 1.56. The summed E-state index contributed by atoms with van der Waals surface area (Å²) >= 11 is 0. The minimum absolute atomic E-state index is 0.0491. The molecule has 3 heteroatoms. The van der Waals surface area contributed by atoms with E-state index in [-0.39, 0.29) is 5.54 Å². The normalized spacial score (nSPS) is 17.4. The Labute approximate surface area is 84.7 Å². The van der Waals surface area contributed by atoms with E-state index in [0.717, 1.165) is 18.7 Å². The van der Waals surface area contributed by atoms with Crippen molar-refractivity contribution < 1.29 is 4.84 Å². The quantitative estimate of drug-likeness (QED) is 0.629. The summed E-state index contributed by atoms with van der Waals surface area (Å²) in [6.07, 6.45) is 4.64. The van der Waals surface area contributed by atoms with E-state index in [4.69, 9.17) is 4.84 Å². The Balaban J connectivity index is 2.22. The molecule has 0 N–H and O–H groups in total. The number of fused-ring (bicyclic) bond motifs is 1. The third kappa shape index (κ3) is 1.73. The second kappa shape index (κ2) is 3.24. The molecule has 76 valence electrons. The Bertz CT molecular complexity index is 330. The minimum atomic E-state index is 0.0491. The first-order chi connectivity index (χ1) is 6.57. The Hall–Kier alpha value is -1.09. The summed E-state index contributed by atoms with van der Waals surface area (Å²) < 4.78 is 0. The predicted octanol–water partition coefficient (Wildman–Crippen LogP) is 2.03. The highest BCUT2D eigenvalue weighted by Gasteiger charge is 2.27. The van der Waals surface area contributed by atoms with Crippen LogP contribution < -0.4 is 4.84 Å².